The van der Waals surface area contributed by atoms with Crippen molar-refractivity contribution < 1.29 is 9.21 Å². The zero-order valence-corrected chi connectivity index (χ0v) is 11.2. The van der Waals surface area contributed by atoms with Gasteiger partial charge in [0.15, 0.2) is 11.5 Å². The molecule has 0 aliphatic carbocycles. The number of fused-ring (bicyclic) bond motifs is 1. The molecule has 18 heavy (non-hydrogen) atoms. The number of aromatic nitrogens is 1. The highest BCUT2D eigenvalue weighted by Crippen LogP contribution is 2.24. The average molecular weight is 310 g/mol. The van der Waals surface area contributed by atoms with Crippen LogP contribution in [0.15, 0.2) is 27.1 Å². The molecule has 1 saturated heterocycles. The quantitative estimate of drug-likeness (QED) is 0.875. The largest absolute Gasteiger partial charge is 0.439 e. The first-order chi connectivity index (χ1) is 8.74. The van der Waals surface area contributed by atoms with Gasteiger partial charge in [-0.25, -0.2) is 4.98 Å². The number of amides is 1. The number of para-hydroxylation sites is 1. The summed E-state index contributed by atoms with van der Waals surface area (Å²) in [6.07, 6.45) is 0.465. The summed E-state index contributed by atoms with van der Waals surface area (Å²) in [6, 6.07) is 5.44. The molecule has 6 heteroatoms. The first-order valence-electron chi connectivity index (χ1n) is 5.79. The SMILES string of the molecule is O=C1NCCNC1Cc1nc2cccc(Br)c2o1. The number of rotatable bonds is 2. The number of halogens is 1. The predicted molar refractivity (Wildman–Crippen MR) is 70.2 cm³/mol. The molecule has 0 saturated carbocycles. The van der Waals surface area contributed by atoms with Crippen LogP contribution in [-0.4, -0.2) is 30.0 Å². The molecule has 1 aliphatic heterocycles. The number of carbonyl (C=O) groups excluding carboxylic acids is 1. The summed E-state index contributed by atoms with van der Waals surface area (Å²) >= 11 is 3.42. The third-order valence-electron chi connectivity index (χ3n) is 2.92. The van der Waals surface area contributed by atoms with Gasteiger partial charge in [-0.1, -0.05) is 6.07 Å². The molecule has 2 heterocycles. The van der Waals surface area contributed by atoms with Gasteiger partial charge in [0.1, 0.15) is 5.52 Å². The van der Waals surface area contributed by atoms with E-state index in [0.29, 0.717) is 18.9 Å². The summed E-state index contributed by atoms with van der Waals surface area (Å²) in [7, 11) is 0. The lowest BCUT2D eigenvalue weighted by Gasteiger charge is -2.22. The molecule has 0 bridgehead atoms. The summed E-state index contributed by atoms with van der Waals surface area (Å²) < 4.78 is 6.55. The van der Waals surface area contributed by atoms with Crippen molar-refractivity contribution in [2.45, 2.75) is 12.5 Å². The van der Waals surface area contributed by atoms with E-state index in [1.165, 1.54) is 0 Å². The minimum absolute atomic E-state index is 0.00238. The fourth-order valence-electron chi connectivity index (χ4n) is 2.04. The number of benzene rings is 1. The van der Waals surface area contributed by atoms with E-state index in [1.54, 1.807) is 0 Å². The Kier molecular flexibility index (Phi) is 3.05. The van der Waals surface area contributed by atoms with E-state index >= 15 is 0 Å². The second kappa shape index (κ2) is 4.70. The molecule has 1 amide bonds. The normalized spacial score (nSPS) is 20.1. The van der Waals surface area contributed by atoms with Crippen LogP contribution in [-0.2, 0) is 11.2 Å². The molecule has 2 N–H and O–H groups in total. The summed E-state index contributed by atoms with van der Waals surface area (Å²) in [4.78, 5) is 16.0. The Morgan fingerprint density at radius 2 is 2.33 bits per heavy atom. The van der Waals surface area contributed by atoms with Crippen LogP contribution in [0.5, 0.6) is 0 Å². The van der Waals surface area contributed by atoms with Crippen molar-refractivity contribution in [1.82, 2.24) is 15.6 Å². The van der Waals surface area contributed by atoms with E-state index in [9.17, 15) is 4.79 Å². The van der Waals surface area contributed by atoms with Crippen LogP contribution in [0.1, 0.15) is 5.89 Å². The van der Waals surface area contributed by atoms with Crippen LogP contribution >= 0.6 is 15.9 Å². The maximum absolute atomic E-state index is 11.6. The summed E-state index contributed by atoms with van der Waals surface area (Å²) in [5, 5.41) is 5.97. The van der Waals surface area contributed by atoms with Gasteiger partial charge in [-0.3, -0.25) is 4.79 Å². The number of oxazole rings is 1. The fraction of sp³-hybridized carbons (Fsp3) is 0.333. The molecule has 1 aromatic carbocycles. The van der Waals surface area contributed by atoms with Gasteiger partial charge < -0.3 is 15.1 Å². The summed E-state index contributed by atoms with van der Waals surface area (Å²) in [5.41, 5.74) is 1.53. The first-order valence-corrected chi connectivity index (χ1v) is 6.58. The van der Waals surface area contributed by atoms with Gasteiger partial charge >= 0.3 is 0 Å². The molecule has 0 spiro atoms. The molecule has 2 aromatic rings. The molecular weight excluding hydrogens is 298 g/mol. The Labute approximate surface area is 112 Å². The predicted octanol–water partition coefficient (Wildman–Crippen LogP) is 1.22. The van der Waals surface area contributed by atoms with Gasteiger partial charge in [-0.15, -0.1) is 0 Å². The van der Waals surface area contributed by atoms with Crippen molar-refractivity contribution in [2.75, 3.05) is 13.1 Å². The third kappa shape index (κ3) is 2.13. The number of carbonyl (C=O) groups is 1. The molecule has 5 nitrogen and oxygen atoms in total. The summed E-state index contributed by atoms with van der Waals surface area (Å²) in [6.45, 7) is 1.45. The highest BCUT2D eigenvalue weighted by Gasteiger charge is 2.23. The Morgan fingerprint density at radius 1 is 1.44 bits per heavy atom. The van der Waals surface area contributed by atoms with Crippen LogP contribution < -0.4 is 10.6 Å². The maximum atomic E-state index is 11.6. The minimum atomic E-state index is -0.259. The van der Waals surface area contributed by atoms with Gasteiger partial charge in [-0.05, 0) is 28.1 Å². The van der Waals surface area contributed by atoms with Gasteiger partial charge in [0.2, 0.25) is 5.91 Å². The van der Waals surface area contributed by atoms with E-state index in [0.717, 1.165) is 22.1 Å². The fourth-order valence-corrected chi connectivity index (χ4v) is 2.47. The Hall–Kier alpha value is -1.40. The number of hydrogen-bond acceptors (Lipinski definition) is 4. The van der Waals surface area contributed by atoms with Gasteiger partial charge in [-0.2, -0.15) is 0 Å². The van der Waals surface area contributed by atoms with Crippen molar-refractivity contribution in [3.05, 3.63) is 28.6 Å². The summed E-state index contributed by atoms with van der Waals surface area (Å²) in [5.74, 6) is 0.578. The average Bonchev–Trinajstić information content (AvgIpc) is 2.76. The lowest BCUT2D eigenvalue weighted by molar-refractivity contribution is -0.124. The number of nitrogens with one attached hydrogen (secondary N) is 2. The Balaban J connectivity index is 1.86. The number of nitrogens with zero attached hydrogens (tertiary/aromatic N) is 1. The second-order valence-electron chi connectivity index (χ2n) is 4.20. The van der Waals surface area contributed by atoms with Crippen LogP contribution in [0.25, 0.3) is 11.1 Å². The number of piperazine rings is 1. The highest BCUT2D eigenvalue weighted by atomic mass is 79.9. The molecular formula is C12H12BrN3O2. The first kappa shape index (κ1) is 11.7. The molecule has 0 radical (unpaired) electrons. The standard InChI is InChI=1S/C12H12BrN3O2/c13-7-2-1-3-8-11(7)18-10(16-8)6-9-12(17)15-5-4-14-9/h1-3,9,14H,4-6H2,(H,15,17). The van der Waals surface area contributed by atoms with E-state index in [-0.39, 0.29) is 11.9 Å². The monoisotopic (exact) mass is 309 g/mol. The Bertz CT molecular complexity index is 596. The lowest BCUT2D eigenvalue weighted by Crippen LogP contribution is -2.53. The molecule has 1 aliphatic rings. The van der Waals surface area contributed by atoms with E-state index in [4.69, 9.17) is 4.42 Å². The van der Waals surface area contributed by atoms with E-state index in [2.05, 4.69) is 31.5 Å². The van der Waals surface area contributed by atoms with Crippen molar-refractivity contribution in [2.24, 2.45) is 0 Å². The van der Waals surface area contributed by atoms with Crippen molar-refractivity contribution >= 4 is 32.9 Å². The van der Waals surface area contributed by atoms with E-state index in [1.807, 2.05) is 18.2 Å². The topological polar surface area (TPSA) is 67.2 Å². The zero-order valence-electron chi connectivity index (χ0n) is 9.57. The van der Waals surface area contributed by atoms with Crippen LogP contribution in [0.3, 0.4) is 0 Å². The van der Waals surface area contributed by atoms with Gasteiger partial charge in [0, 0.05) is 19.5 Å². The van der Waals surface area contributed by atoms with Gasteiger partial charge in [0.05, 0.1) is 10.5 Å². The second-order valence-corrected chi connectivity index (χ2v) is 5.05. The maximum Gasteiger partial charge on any atom is 0.237 e. The van der Waals surface area contributed by atoms with Crippen LogP contribution in [0.4, 0.5) is 0 Å². The minimum Gasteiger partial charge on any atom is -0.439 e. The van der Waals surface area contributed by atoms with Crippen molar-refractivity contribution in [3.8, 4) is 0 Å². The van der Waals surface area contributed by atoms with Crippen LogP contribution in [0.2, 0.25) is 0 Å². The lowest BCUT2D eigenvalue weighted by atomic mass is 10.1. The molecule has 94 valence electrons. The zero-order chi connectivity index (χ0) is 12.5. The highest BCUT2D eigenvalue weighted by molar-refractivity contribution is 9.10. The number of hydrogen-bond donors (Lipinski definition) is 2. The molecule has 1 unspecified atom stereocenters. The van der Waals surface area contributed by atoms with E-state index < -0.39 is 0 Å². The Morgan fingerprint density at radius 3 is 3.11 bits per heavy atom. The smallest absolute Gasteiger partial charge is 0.237 e. The molecule has 1 atom stereocenters. The molecule has 1 fully saturated rings. The van der Waals surface area contributed by atoms with Crippen molar-refractivity contribution in [3.63, 3.8) is 0 Å². The molecule has 1 aromatic heterocycles. The third-order valence-corrected chi connectivity index (χ3v) is 3.55. The molecule has 3 rings (SSSR count). The van der Waals surface area contributed by atoms with Crippen molar-refractivity contribution in [1.29, 1.82) is 0 Å². The van der Waals surface area contributed by atoms with Gasteiger partial charge in [0.25, 0.3) is 0 Å². The van der Waals surface area contributed by atoms with Crippen LogP contribution in [0, 0.1) is 0 Å².